The minimum atomic E-state index is -0.583. The average Bonchev–Trinajstić information content (AvgIpc) is 2.39. The van der Waals surface area contributed by atoms with Crippen LogP contribution in [0.1, 0.15) is 19.4 Å². The first-order valence-electron chi connectivity index (χ1n) is 6.84. The number of halogens is 1. The van der Waals surface area contributed by atoms with Gasteiger partial charge in [-0.2, -0.15) is 0 Å². The Bertz CT molecular complexity index is 516. The highest BCUT2D eigenvalue weighted by molar-refractivity contribution is 6.33. The van der Waals surface area contributed by atoms with Gasteiger partial charge in [0.1, 0.15) is 5.54 Å². The Morgan fingerprint density at radius 1 is 1.35 bits per heavy atom. The minimum absolute atomic E-state index is 0.124. The molecule has 4 nitrogen and oxygen atoms in total. The Morgan fingerprint density at radius 3 is 2.70 bits per heavy atom. The molecule has 1 aromatic carbocycles. The summed E-state index contributed by atoms with van der Waals surface area (Å²) in [7, 11) is 3.76. The second kappa shape index (κ2) is 5.62. The standard InChI is InChI=1S/C15H22ClN3O/c1-15(2)14(20)18(4)8-9-19(15)13-11(10-17-3)6-5-7-12(13)16/h5-7,17H,8-10H2,1-4H3. The second-order valence-corrected chi connectivity index (χ2v) is 6.12. The maximum Gasteiger partial charge on any atom is 0.247 e. The molecule has 0 radical (unpaired) electrons. The Morgan fingerprint density at radius 2 is 2.05 bits per heavy atom. The summed E-state index contributed by atoms with van der Waals surface area (Å²) in [4.78, 5) is 16.3. The molecule has 1 aliphatic heterocycles. The van der Waals surface area contributed by atoms with Gasteiger partial charge in [-0.3, -0.25) is 4.79 Å². The number of hydrogen-bond acceptors (Lipinski definition) is 3. The van der Waals surface area contributed by atoms with Gasteiger partial charge in [0.15, 0.2) is 0 Å². The Labute approximate surface area is 125 Å². The van der Waals surface area contributed by atoms with E-state index in [2.05, 4.69) is 16.3 Å². The van der Waals surface area contributed by atoms with E-state index in [0.29, 0.717) is 11.6 Å². The third kappa shape index (κ3) is 2.50. The number of rotatable bonds is 3. The predicted molar refractivity (Wildman–Crippen MR) is 83.3 cm³/mol. The summed E-state index contributed by atoms with van der Waals surface area (Å²) in [5.41, 5.74) is 1.50. The highest BCUT2D eigenvalue weighted by Gasteiger charge is 2.41. The van der Waals surface area contributed by atoms with Gasteiger partial charge in [-0.15, -0.1) is 0 Å². The van der Waals surface area contributed by atoms with Gasteiger partial charge in [-0.25, -0.2) is 0 Å². The van der Waals surface area contributed by atoms with Crippen molar-refractivity contribution < 1.29 is 4.79 Å². The highest BCUT2D eigenvalue weighted by Crippen LogP contribution is 2.36. The fourth-order valence-electron chi connectivity index (χ4n) is 2.80. The molecule has 1 heterocycles. The number of piperazine rings is 1. The van der Waals surface area contributed by atoms with Gasteiger partial charge in [0, 0.05) is 26.7 Å². The summed E-state index contributed by atoms with van der Waals surface area (Å²) in [6.45, 7) is 6.14. The molecule has 0 aliphatic carbocycles. The Kier molecular flexibility index (Phi) is 4.25. The van der Waals surface area contributed by atoms with Crippen molar-refractivity contribution in [2.75, 3.05) is 32.1 Å². The number of para-hydroxylation sites is 1. The largest absolute Gasteiger partial charge is 0.354 e. The minimum Gasteiger partial charge on any atom is -0.354 e. The molecule has 20 heavy (non-hydrogen) atoms. The van der Waals surface area contributed by atoms with Crippen LogP contribution < -0.4 is 10.2 Å². The smallest absolute Gasteiger partial charge is 0.247 e. The van der Waals surface area contributed by atoms with Crippen LogP contribution in [0.3, 0.4) is 0 Å². The molecule has 2 rings (SSSR count). The molecule has 1 amide bonds. The molecule has 1 N–H and O–H groups in total. The van der Waals surface area contributed by atoms with Crippen LogP contribution in [0.15, 0.2) is 18.2 Å². The number of amides is 1. The van der Waals surface area contributed by atoms with Crippen LogP contribution in [0.25, 0.3) is 0 Å². The molecule has 0 bridgehead atoms. The number of benzene rings is 1. The van der Waals surface area contributed by atoms with Crippen molar-refractivity contribution in [1.29, 1.82) is 0 Å². The summed E-state index contributed by atoms with van der Waals surface area (Å²) in [6, 6.07) is 5.88. The SMILES string of the molecule is CNCc1cccc(Cl)c1N1CCN(C)C(=O)C1(C)C. The van der Waals surface area contributed by atoms with E-state index in [1.54, 1.807) is 4.90 Å². The molecule has 5 heteroatoms. The fourth-order valence-corrected chi connectivity index (χ4v) is 3.10. The molecule has 0 atom stereocenters. The zero-order valence-corrected chi connectivity index (χ0v) is 13.3. The number of likely N-dealkylation sites (N-methyl/N-ethyl adjacent to an activating group) is 1. The molecule has 110 valence electrons. The van der Waals surface area contributed by atoms with Gasteiger partial charge in [0.05, 0.1) is 10.7 Å². The normalized spacial score (nSPS) is 18.6. The topological polar surface area (TPSA) is 35.6 Å². The number of nitrogens with zero attached hydrogens (tertiary/aromatic N) is 2. The van der Waals surface area contributed by atoms with Crippen molar-refractivity contribution in [3.8, 4) is 0 Å². The van der Waals surface area contributed by atoms with Gasteiger partial charge in [0.25, 0.3) is 0 Å². The summed E-state index contributed by atoms with van der Waals surface area (Å²) in [5, 5.41) is 3.85. The van der Waals surface area contributed by atoms with Crippen LogP contribution in [-0.4, -0.2) is 43.5 Å². The molecule has 1 fully saturated rings. The molecule has 1 aliphatic rings. The van der Waals surface area contributed by atoms with Crippen molar-refractivity contribution >= 4 is 23.2 Å². The fraction of sp³-hybridized carbons (Fsp3) is 0.533. The van der Waals surface area contributed by atoms with E-state index in [9.17, 15) is 4.79 Å². The van der Waals surface area contributed by atoms with E-state index >= 15 is 0 Å². The van der Waals surface area contributed by atoms with Gasteiger partial charge < -0.3 is 15.1 Å². The van der Waals surface area contributed by atoms with Crippen molar-refractivity contribution in [1.82, 2.24) is 10.2 Å². The first kappa shape index (κ1) is 15.1. The molecule has 0 aromatic heterocycles. The number of nitrogens with one attached hydrogen (secondary N) is 1. The quantitative estimate of drug-likeness (QED) is 0.928. The summed E-state index contributed by atoms with van der Waals surface area (Å²) < 4.78 is 0. The van der Waals surface area contributed by atoms with Crippen molar-refractivity contribution in [2.24, 2.45) is 0 Å². The molecule has 1 aromatic rings. The van der Waals surface area contributed by atoms with Crippen LogP contribution in [0, 0.1) is 0 Å². The summed E-state index contributed by atoms with van der Waals surface area (Å²) in [5.74, 6) is 0.124. The van der Waals surface area contributed by atoms with Crippen molar-refractivity contribution in [3.05, 3.63) is 28.8 Å². The van der Waals surface area contributed by atoms with E-state index in [4.69, 9.17) is 11.6 Å². The van der Waals surface area contributed by atoms with Crippen LogP contribution in [0.2, 0.25) is 5.02 Å². The zero-order chi connectivity index (χ0) is 14.9. The lowest BCUT2D eigenvalue weighted by atomic mass is 9.95. The van der Waals surface area contributed by atoms with E-state index < -0.39 is 5.54 Å². The van der Waals surface area contributed by atoms with E-state index in [1.807, 2.05) is 40.1 Å². The summed E-state index contributed by atoms with van der Waals surface area (Å²) in [6.07, 6.45) is 0. The van der Waals surface area contributed by atoms with Crippen LogP contribution in [0.5, 0.6) is 0 Å². The number of hydrogen-bond donors (Lipinski definition) is 1. The first-order valence-corrected chi connectivity index (χ1v) is 7.22. The molecular weight excluding hydrogens is 274 g/mol. The first-order chi connectivity index (χ1) is 9.39. The predicted octanol–water partition coefficient (Wildman–Crippen LogP) is 2.12. The van der Waals surface area contributed by atoms with Gasteiger partial charge >= 0.3 is 0 Å². The Balaban J connectivity index is 2.48. The van der Waals surface area contributed by atoms with Crippen LogP contribution in [0.4, 0.5) is 5.69 Å². The summed E-state index contributed by atoms with van der Waals surface area (Å²) >= 11 is 6.42. The molecule has 1 saturated heterocycles. The van der Waals surface area contributed by atoms with Gasteiger partial charge in [-0.05, 0) is 32.5 Å². The average molecular weight is 296 g/mol. The lowest BCUT2D eigenvalue weighted by molar-refractivity contribution is -0.136. The van der Waals surface area contributed by atoms with Gasteiger partial charge in [-0.1, -0.05) is 23.7 Å². The van der Waals surface area contributed by atoms with E-state index in [1.165, 1.54) is 0 Å². The van der Waals surface area contributed by atoms with Crippen molar-refractivity contribution in [2.45, 2.75) is 25.9 Å². The lowest BCUT2D eigenvalue weighted by Crippen LogP contribution is -2.62. The number of carbonyl (C=O) groups is 1. The van der Waals surface area contributed by atoms with Crippen LogP contribution in [-0.2, 0) is 11.3 Å². The number of carbonyl (C=O) groups excluding carboxylic acids is 1. The number of anilines is 1. The second-order valence-electron chi connectivity index (χ2n) is 5.72. The zero-order valence-electron chi connectivity index (χ0n) is 12.5. The molecule has 0 saturated carbocycles. The maximum atomic E-state index is 12.4. The molecule has 0 spiro atoms. The highest BCUT2D eigenvalue weighted by atomic mass is 35.5. The monoisotopic (exact) mass is 295 g/mol. The van der Waals surface area contributed by atoms with E-state index in [-0.39, 0.29) is 5.91 Å². The van der Waals surface area contributed by atoms with Crippen molar-refractivity contribution in [3.63, 3.8) is 0 Å². The third-order valence-electron chi connectivity index (χ3n) is 3.91. The third-order valence-corrected chi connectivity index (χ3v) is 4.22. The lowest BCUT2D eigenvalue weighted by Gasteiger charge is -2.47. The molecule has 0 unspecified atom stereocenters. The molecular formula is C15H22ClN3O. The van der Waals surface area contributed by atoms with E-state index in [0.717, 1.165) is 24.3 Å². The van der Waals surface area contributed by atoms with Gasteiger partial charge in [0.2, 0.25) is 5.91 Å². The maximum absolute atomic E-state index is 12.4. The Hall–Kier alpha value is -1.26. The van der Waals surface area contributed by atoms with Crippen LogP contribution >= 0.6 is 11.6 Å².